The molecule has 1 rings (SSSR count). The number of hydrogen-bond donors (Lipinski definition) is 1. The highest BCUT2D eigenvalue weighted by Gasteiger charge is 2.23. The van der Waals surface area contributed by atoms with E-state index in [1.165, 1.54) is 18.2 Å². The van der Waals surface area contributed by atoms with E-state index in [0.29, 0.717) is 0 Å². The zero-order valence-electron chi connectivity index (χ0n) is 8.47. The zero-order chi connectivity index (χ0) is 12.3. The lowest BCUT2D eigenvalue weighted by Crippen LogP contribution is -2.14. The summed E-state index contributed by atoms with van der Waals surface area (Å²) in [4.78, 5) is 31.8. The Balaban J connectivity index is 3.17. The molecular formula is C10H9NO5. The van der Waals surface area contributed by atoms with Gasteiger partial charge >= 0.3 is 5.97 Å². The first-order valence-electron chi connectivity index (χ1n) is 4.42. The largest absolute Gasteiger partial charge is 0.478 e. The average molecular weight is 223 g/mol. The third-order valence-electron chi connectivity index (χ3n) is 2.08. The second-order valence-electron chi connectivity index (χ2n) is 3.21. The number of nitrogens with zero attached hydrogens (tertiary/aromatic N) is 1. The van der Waals surface area contributed by atoms with Gasteiger partial charge in [0.25, 0.3) is 5.70 Å². The van der Waals surface area contributed by atoms with Crippen LogP contribution < -0.4 is 0 Å². The molecular weight excluding hydrogens is 214 g/mol. The standard InChI is InChI=1S/C10H9NO5/c1-6(12)9(10(13)14)7-3-2-4-8(5-7)11(15)16/h2-4H,5H2,1H3,(H,13,14). The molecule has 0 amide bonds. The van der Waals surface area contributed by atoms with Crippen LogP contribution in [0.5, 0.6) is 0 Å². The fraction of sp³-hybridized carbons (Fsp3) is 0.200. The van der Waals surface area contributed by atoms with E-state index < -0.39 is 22.2 Å². The maximum absolute atomic E-state index is 11.1. The van der Waals surface area contributed by atoms with E-state index in [9.17, 15) is 19.7 Å². The second kappa shape index (κ2) is 4.52. The van der Waals surface area contributed by atoms with Crippen molar-refractivity contribution in [2.24, 2.45) is 0 Å². The van der Waals surface area contributed by atoms with Gasteiger partial charge in [0.2, 0.25) is 0 Å². The quantitative estimate of drug-likeness (QED) is 0.254. The van der Waals surface area contributed by atoms with Crippen LogP contribution in [0.15, 0.2) is 35.1 Å². The Morgan fingerprint density at radius 2 is 2.12 bits per heavy atom. The van der Waals surface area contributed by atoms with Crippen LogP contribution in [0.4, 0.5) is 0 Å². The molecule has 0 spiro atoms. The maximum atomic E-state index is 11.1. The molecule has 1 N–H and O–H groups in total. The first kappa shape index (κ1) is 11.8. The van der Waals surface area contributed by atoms with Crippen LogP contribution >= 0.6 is 0 Å². The Bertz CT molecular complexity index is 440. The Kier molecular flexibility index (Phi) is 3.34. The Morgan fingerprint density at radius 1 is 1.50 bits per heavy atom. The van der Waals surface area contributed by atoms with E-state index in [0.717, 1.165) is 6.92 Å². The highest BCUT2D eigenvalue weighted by atomic mass is 16.6. The number of allylic oxidation sites excluding steroid dienone is 4. The highest BCUT2D eigenvalue weighted by molar-refractivity contribution is 6.16. The van der Waals surface area contributed by atoms with Crippen molar-refractivity contribution in [2.75, 3.05) is 0 Å². The topological polar surface area (TPSA) is 97.5 Å². The zero-order valence-corrected chi connectivity index (χ0v) is 8.47. The fourth-order valence-electron chi connectivity index (χ4n) is 1.40. The van der Waals surface area contributed by atoms with Gasteiger partial charge in [-0.05, 0) is 12.5 Å². The van der Waals surface area contributed by atoms with Crippen molar-refractivity contribution in [3.63, 3.8) is 0 Å². The van der Waals surface area contributed by atoms with Crippen LogP contribution in [0.25, 0.3) is 0 Å². The summed E-state index contributed by atoms with van der Waals surface area (Å²) in [7, 11) is 0. The monoisotopic (exact) mass is 223 g/mol. The molecule has 6 nitrogen and oxygen atoms in total. The molecule has 0 fully saturated rings. The summed E-state index contributed by atoms with van der Waals surface area (Å²) >= 11 is 0. The molecule has 16 heavy (non-hydrogen) atoms. The van der Waals surface area contributed by atoms with Gasteiger partial charge < -0.3 is 5.11 Å². The van der Waals surface area contributed by atoms with E-state index in [-0.39, 0.29) is 17.7 Å². The molecule has 1 aliphatic rings. The lowest BCUT2D eigenvalue weighted by Gasteiger charge is -2.07. The number of rotatable bonds is 3. The predicted octanol–water partition coefficient (Wildman–Crippen LogP) is 1.08. The van der Waals surface area contributed by atoms with E-state index in [2.05, 4.69) is 0 Å². The SMILES string of the molecule is CC(=O)C(C(=O)O)=C1C=CC=C([N+](=O)[O-])C1. The van der Waals surface area contributed by atoms with Gasteiger partial charge in [0, 0.05) is 6.08 Å². The minimum Gasteiger partial charge on any atom is -0.478 e. The second-order valence-corrected chi connectivity index (χ2v) is 3.21. The molecule has 0 atom stereocenters. The van der Waals surface area contributed by atoms with Crippen LogP contribution in [-0.2, 0) is 9.59 Å². The summed E-state index contributed by atoms with van der Waals surface area (Å²) in [5, 5.41) is 19.3. The Morgan fingerprint density at radius 3 is 2.56 bits per heavy atom. The number of carboxylic acid groups (broad SMARTS) is 1. The third-order valence-corrected chi connectivity index (χ3v) is 2.08. The summed E-state index contributed by atoms with van der Waals surface area (Å²) in [5.74, 6) is -1.98. The highest BCUT2D eigenvalue weighted by Crippen LogP contribution is 2.22. The number of carbonyl (C=O) groups excluding carboxylic acids is 1. The van der Waals surface area contributed by atoms with E-state index in [1.807, 2.05) is 0 Å². The van der Waals surface area contributed by atoms with E-state index in [1.54, 1.807) is 0 Å². The van der Waals surface area contributed by atoms with Gasteiger partial charge in [-0.1, -0.05) is 12.2 Å². The van der Waals surface area contributed by atoms with Gasteiger partial charge in [0.15, 0.2) is 5.78 Å². The first-order valence-corrected chi connectivity index (χ1v) is 4.42. The van der Waals surface area contributed by atoms with Crippen LogP contribution in [0.3, 0.4) is 0 Å². The van der Waals surface area contributed by atoms with E-state index in [4.69, 9.17) is 5.11 Å². The van der Waals surface area contributed by atoms with Crippen molar-refractivity contribution in [3.05, 3.63) is 45.2 Å². The Labute approximate surface area is 90.7 Å². The molecule has 0 aromatic carbocycles. The molecule has 0 aromatic heterocycles. The summed E-state index contributed by atoms with van der Waals surface area (Å²) < 4.78 is 0. The number of Topliss-reactive ketones (excluding diaryl/α,β-unsaturated/α-hetero) is 1. The number of carbonyl (C=O) groups is 2. The van der Waals surface area contributed by atoms with Gasteiger partial charge in [-0.25, -0.2) is 4.79 Å². The van der Waals surface area contributed by atoms with Crippen molar-refractivity contribution in [3.8, 4) is 0 Å². The fourth-order valence-corrected chi connectivity index (χ4v) is 1.40. The molecule has 0 saturated heterocycles. The molecule has 0 aromatic rings. The number of hydrogen-bond acceptors (Lipinski definition) is 4. The average Bonchev–Trinajstić information content (AvgIpc) is 2.16. The predicted molar refractivity (Wildman–Crippen MR) is 54.2 cm³/mol. The number of carboxylic acids is 1. The summed E-state index contributed by atoms with van der Waals surface area (Å²) in [6.07, 6.45) is 3.90. The van der Waals surface area contributed by atoms with Crippen molar-refractivity contribution >= 4 is 11.8 Å². The molecule has 6 heteroatoms. The molecule has 1 aliphatic carbocycles. The van der Waals surface area contributed by atoms with Gasteiger partial charge in [-0.3, -0.25) is 14.9 Å². The van der Waals surface area contributed by atoms with Crippen molar-refractivity contribution in [1.82, 2.24) is 0 Å². The maximum Gasteiger partial charge on any atom is 0.339 e. The van der Waals surface area contributed by atoms with E-state index >= 15 is 0 Å². The van der Waals surface area contributed by atoms with Crippen LogP contribution in [0, 0.1) is 10.1 Å². The Hall–Kier alpha value is -2.24. The molecule has 0 aliphatic heterocycles. The van der Waals surface area contributed by atoms with Gasteiger partial charge in [-0.15, -0.1) is 0 Å². The normalized spacial score (nSPS) is 17.7. The lowest BCUT2D eigenvalue weighted by atomic mass is 9.97. The summed E-state index contributed by atoms with van der Waals surface area (Å²) in [6.45, 7) is 1.12. The lowest BCUT2D eigenvalue weighted by molar-refractivity contribution is -0.427. The van der Waals surface area contributed by atoms with Gasteiger partial charge in [0.1, 0.15) is 5.57 Å². The van der Waals surface area contributed by atoms with Crippen LogP contribution in [0.1, 0.15) is 13.3 Å². The van der Waals surface area contributed by atoms with Gasteiger partial charge in [-0.2, -0.15) is 0 Å². The molecule has 0 unspecified atom stereocenters. The molecule has 84 valence electrons. The third kappa shape index (κ3) is 2.41. The molecule has 0 radical (unpaired) electrons. The minimum atomic E-state index is -1.36. The first-order chi connectivity index (χ1) is 7.43. The summed E-state index contributed by atoms with van der Waals surface area (Å²) in [5.41, 5.74) is -0.365. The van der Waals surface area contributed by atoms with Crippen LogP contribution in [-0.4, -0.2) is 21.8 Å². The number of aliphatic carboxylic acids is 1. The molecule has 0 bridgehead atoms. The van der Waals surface area contributed by atoms with Crippen LogP contribution in [0.2, 0.25) is 0 Å². The summed E-state index contributed by atoms with van der Waals surface area (Å²) in [6, 6.07) is 0. The van der Waals surface area contributed by atoms with Crippen molar-refractivity contribution in [1.29, 1.82) is 0 Å². The smallest absolute Gasteiger partial charge is 0.339 e. The number of ketones is 1. The molecule has 0 saturated carbocycles. The van der Waals surface area contributed by atoms with Crippen molar-refractivity contribution < 1.29 is 19.6 Å². The molecule has 0 heterocycles. The number of nitro groups is 1. The minimum absolute atomic E-state index is 0.127. The van der Waals surface area contributed by atoms with Gasteiger partial charge in [0.05, 0.1) is 11.3 Å². The van der Waals surface area contributed by atoms with Crippen molar-refractivity contribution in [2.45, 2.75) is 13.3 Å².